The summed E-state index contributed by atoms with van der Waals surface area (Å²) in [6, 6.07) is 56.1. The van der Waals surface area contributed by atoms with Crippen LogP contribution in [0.4, 0.5) is 0 Å². The van der Waals surface area contributed by atoms with Crippen molar-refractivity contribution >= 4 is 23.6 Å². The van der Waals surface area contributed by atoms with Crippen LogP contribution in [0.25, 0.3) is 0 Å². The molecule has 0 nitrogen and oxygen atoms in total. The summed E-state index contributed by atoms with van der Waals surface area (Å²) in [6.45, 7) is 16.2. The Kier molecular flexibility index (Phi) is 10.2. The van der Waals surface area contributed by atoms with Crippen molar-refractivity contribution in [2.75, 3.05) is 0 Å². The fraction of sp³-hybridized carbons (Fsp3) is 0.216. The summed E-state index contributed by atoms with van der Waals surface area (Å²) in [5.74, 6) is 0.355. The van der Waals surface area contributed by atoms with E-state index < -0.39 is 8.07 Å². The van der Waals surface area contributed by atoms with Crippen molar-refractivity contribution in [3.05, 3.63) is 218 Å². The Morgan fingerprint density at radius 1 is 0.385 bits per heavy atom. The second-order valence-electron chi connectivity index (χ2n) is 15.4. The number of rotatable bonds is 10. The summed E-state index contributed by atoms with van der Waals surface area (Å²) in [6.07, 6.45) is 2.76. The van der Waals surface area contributed by atoms with Crippen LogP contribution in [0.5, 0.6) is 0 Å². The van der Waals surface area contributed by atoms with Gasteiger partial charge < -0.3 is 0 Å². The minimum Gasteiger partial charge on any atom is -0.0636 e. The molecule has 0 N–H and O–H groups in total. The molecule has 0 fully saturated rings. The third-order valence-corrected chi connectivity index (χ3v) is 16.7. The lowest BCUT2D eigenvalue weighted by Crippen LogP contribution is -2.69. The summed E-state index contributed by atoms with van der Waals surface area (Å²) in [5.41, 5.74) is 16.6. The van der Waals surface area contributed by atoms with Crippen molar-refractivity contribution in [2.24, 2.45) is 5.92 Å². The van der Waals surface area contributed by atoms with Gasteiger partial charge in [0.15, 0.2) is 8.07 Å². The molecule has 0 saturated heterocycles. The van der Waals surface area contributed by atoms with Crippen molar-refractivity contribution < 1.29 is 0 Å². The van der Waals surface area contributed by atoms with Crippen LogP contribution in [-0.4, -0.2) is 8.07 Å². The Bertz CT molecular complexity index is 2100. The van der Waals surface area contributed by atoms with Gasteiger partial charge in [0.25, 0.3) is 0 Å². The van der Waals surface area contributed by atoms with Crippen LogP contribution in [0.2, 0.25) is 0 Å². The van der Waals surface area contributed by atoms with E-state index in [1.165, 1.54) is 82.4 Å². The highest BCUT2D eigenvalue weighted by Gasteiger charge is 2.48. The maximum Gasteiger partial charge on any atom is 0.176 e. The molecule has 6 aromatic rings. The van der Waals surface area contributed by atoms with Gasteiger partial charge >= 0.3 is 0 Å². The highest BCUT2D eigenvalue weighted by atomic mass is 28.3. The molecule has 0 radical (unpaired) electrons. The summed E-state index contributed by atoms with van der Waals surface area (Å²) >= 11 is 0. The molecule has 0 heterocycles. The van der Waals surface area contributed by atoms with Crippen molar-refractivity contribution in [3.63, 3.8) is 0 Å². The first kappa shape index (κ1) is 35.4. The number of hydrogen-bond acceptors (Lipinski definition) is 0. The predicted octanol–water partition coefficient (Wildman–Crippen LogP) is 10.7. The molecular formula is C51H52Si. The zero-order valence-electron chi connectivity index (χ0n) is 32.1. The Hall–Kier alpha value is -4.98. The van der Waals surface area contributed by atoms with Crippen LogP contribution in [0.1, 0.15) is 77.8 Å². The van der Waals surface area contributed by atoms with Gasteiger partial charge in [-0.2, -0.15) is 0 Å². The molecule has 0 bridgehead atoms. The Balaban J connectivity index is 1.49. The highest BCUT2D eigenvalue weighted by molar-refractivity contribution is 7.16. The monoisotopic (exact) mass is 692 g/mol. The Labute approximate surface area is 313 Å². The zero-order valence-corrected chi connectivity index (χ0v) is 33.1. The maximum atomic E-state index is 2.57. The van der Waals surface area contributed by atoms with Crippen LogP contribution >= 0.6 is 0 Å². The molecule has 7 rings (SSSR count). The molecule has 0 spiro atoms. The zero-order chi connectivity index (χ0) is 36.4. The molecule has 0 saturated carbocycles. The number of allylic oxidation sites excluding steroid dienone is 4. The Morgan fingerprint density at radius 3 is 0.981 bits per heavy atom. The number of aryl methyl sites for hydroxylation is 3. The first-order chi connectivity index (χ1) is 25.1. The molecule has 1 heteroatoms. The van der Waals surface area contributed by atoms with Crippen molar-refractivity contribution in [1.82, 2.24) is 0 Å². The van der Waals surface area contributed by atoms with Crippen LogP contribution < -0.4 is 15.6 Å². The average Bonchev–Trinajstić information content (AvgIpc) is 3.31. The lowest BCUT2D eigenvalue weighted by atomic mass is 10.0. The molecule has 6 aromatic carbocycles. The SMILES string of the molecule is CC1=C(C)C(C)C([Si](c2cccc(Cc3cccc(C)c3)c2)(c2cccc(Cc3cccc(C)c3)c2)c2cccc(Cc3cccc(C)c3)c2)=C1C. The van der Waals surface area contributed by atoms with Crippen molar-refractivity contribution in [2.45, 2.75) is 67.7 Å². The lowest BCUT2D eigenvalue weighted by molar-refractivity contribution is 0.851. The normalized spacial score (nSPS) is 14.7. The summed E-state index contributed by atoms with van der Waals surface area (Å²) < 4.78 is 0. The molecule has 1 aliphatic carbocycles. The maximum absolute atomic E-state index is 2.84. The average molecular weight is 693 g/mol. The summed E-state index contributed by atoms with van der Waals surface area (Å²) in [5, 5.41) is 6.06. The third kappa shape index (κ3) is 7.08. The van der Waals surface area contributed by atoms with E-state index in [1.54, 1.807) is 5.20 Å². The summed E-state index contributed by atoms with van der Waals surface area (Å²) in [4.78, 5) is 0. The van der Waals surface area contributed by atoms with E-state index in [2.05, 4.69) is 194 Å². The topological polar surface area (TPSA) is 0 Å². The third-order valence-electron chi connectivity index (χ3n) is 11.6. The van der Waals surface area contributed by atoms with Gasteiger partial charge in [0.05, 0.1) is 0 Å². The first-order valence-corrected chi connectivity index (χ1v) is 21.0. The van der Waals surface area contributed by atoms with E-state index in [0.29, 0.717) is 5.92 Å². The minimum atomic E-state index is -2.84. The molecule has 0 aliphatic heterocycles. The van der Waals surface area contributed by atoms with E-state index in [0.717, 1.165) is 19.3 Å². The highest BCUT2D eigenvalue weighted by Crippen LogP contribution is 2.41. The van der Waals surface area contributed by atoms with Crippen LogP contribution in [0.3, 0.4) is 0 Å². The number of hydrogen-bond donors (Lipinski definition) is 0. The molecule has 260 valence electrons. The van der Waals surface area contributed by atoms with Gasteiger partial charge in [0.2, 0.25) is 0 Å². The minimum absolute atomic E-state index is 0.355. The van der Waals surface area contributed by atoms with E-state index in [9.17, 15) is 0 Å². The first-order valence-electron chi connectivity index (χ1n) is 19.0. The largest absolute Gasteiger partial charge is 0.176 e. The standard InChI is InChI=1S/C51H52Si/c1-35-14-8-17-42(26-35)29-45-20-11-23-48(32-45)52(51-40(6)38(4)39(5)41(51)7,49-24-12-21-46(33-49)30-43-18-9-15-36(2)27-43)50-25-13-22-47(34-50)31-44-19-10-16-37(3)28-44/h8-28,32-34,40H,29-31H2,1-7H3. The molecule has 52 heavy (non-hydrogen) atoms. The molecule has 1 unspecified atom stereocenters. The fourth-order valence-electron chi connectivity index (χ4n) is 8.85. The molecule has 1 aliphatic rings. The van der Waals surface area contributed by atoms with E-state index in [-0.39, 0.29) is 0 Å². The second-order valence-corrected chi connectivity index (χ2v) is 19.2. The van der Waals surface area contributed by atoms with Gasteiger partial charge in [0.1, 0.15) is 0 Å². The molecular weight excluding hydrogens is 641 g/mol. The smallest absolute Gasteiger partial charge is 0.0636 e. The van der Waals surface area contributed by atoms with E-state index in [1.807, 2.05) is 0 Å². The van der Waals surface area contributed by atoms with Gasteiger partial charge in [-0.1, -0.05) is 186 Å². The predicted molar refractivity (Wildman–Crippen MR) is 226 cm³/mol. The summed E-state index contributed by atoms with van der Waals surface area (Å²) in [7, 11) is -2.84. The molecule has 0 aromatic heterocycles. The van der Waals surface area contributed by atoms with Crippen molar-refractivity contribution in [1.29, 1.82) is 0 Å². The van der Waals surface area contributed by atoms with Gasteiger partial charge in [-0.25, -0.2) is 0 Å². The van der Waals surface area contributed by atoms with E-state index in [4.69, 9.17) is 0 Å². The number of benzene rings is 6. The van der Waals surface area contributed by atoms with Crippen LogP contribution in [0.15, 0.2) is 168 Å². The Morgan fingerprint density at radius 2 is 0.692 bits per heavy atom. The molecule has 0 amide bonds. The molecule has 1 atom stereocenters. The van der Waals surface area contributed by atoms with Gasteiger partial charge in [-0.3, -0.25) is 0 Å². The van der Waals surface area contributed by atoms with Gasteiger partial charge in [0, 0.05) is 0 Å². The van der Waals surface area contributed by atoms with Crippen LogP contribution in [-0.2, 0) is 19.3 Å². The fourth-order valence-corrected chi connectivity index (χ4v) is 14.6. The lowest BCUT2D eigenvalue weighted by Gasteiger charge is -2.39. The second kappa shape index (κ2) is 14.9. The van der Waals surface area contributed by atoms with Gasteiger partial charge in [-0.15, -0.1) is 0 Å². The quantitative estimate of drug-likeness (QED) is 0.0990. The van der Waals surface area contributed by atoms with Crippen molar-refractivity contribution in [3.8, 4) is 0 Å². The van der Waals surface area contributed by atoms with E-state index >= 15 is 0 Å². The van der Waals surface area contributed by atoms with Crippen LogP contribution in [0, 0.1) is 26.7 Å². The van der Waals surface area contributed by atoms with Gasteiger partial charge in [-0.05, 0) is 121 Å².